The number of benzene rings is 2. The number of aliphatic carboxylic acids is 1. The molecule has 22 nitrogen and oxygen atoms in total. The summed E-state index contributed by atoms with van der Waals surface area (Å²) in [5.74, 6) is -2.81. The maximum Gasteiger partial charge on any atom is 1.00 e. The number of aromatic nitrogens is 4. The molecule has 2 aromatic carbocycles. The Hall–Kier alpha value is -4.75. The Morgan fingerprint density at radius 3 is 2.44 bits per heavy atom. The third-order valence-electron chi connectivity index (χ3n) is 8.00. The summed E-state index contributed by atoms with van der Waals surface area (Å²) < 4.78 is 28.0. The molecule has 282 valence electrons. The molecule has 6 rings (SSSR count). The topological polar surface area (TPSA) is 312 Å². The molecule has 23 heteroatoms. The van der Waals surface area contributed by atoms with Gasteiger partial charge in [-0.15, -0.1) is 4.73 Å². The van der Waals surface area contributed by atoms with E-state index in [0.717, 1.165) is 22.4 Å². The van der Waals surface area contributed by atoms with Gasteiger partial charge in [-0.1, -0.05) is 36.4 Å². The fraction of sp³-hybridized carbons (Fsp3) is 0.387. The van der Waals surface area contributed by atoms with Crippen LogP contribution in [0.4, 0.5) is 16.4 Å². The molecule has 0 bridgehead atoms. The van der Waals surface area contributed by atoms with E-state index in [9.17, 15) is 50.3 Å². The van der Waals surface area contributed by atoms with Gasteiger partial charge in [0.15, 0.2) is 11.3 Å². The summed E-state index contributed by atoms with van der Waals surface area (Å²) in [6.45, 7) is -0.901. The molecule has 4 heterocycles. The zero-order valence-electron chi connectivity index (χ0n) is 28.1. The Bertz CT molecular complexity index is 1960. The number of amides is 1. The van der Waals surface area contributed by atoms with Crippen LogP contribution < -0.4 is 54.3 Å². The van der Waals surface area contributed by atoms with Gasteiger partial charge >= 0.3 is 41.3 Å². The Morgan fingerprint density at radius 1 is 1.00 bits per heavy atom. The van der Waals surface area contributed by atoms with Gasteiger partial charge in [0, 0.05) is 12.5 Å². The molecule has 1 amide bonds. The van der Waals surface area contributed by atoms with Gasteiger partial charge in [-0.3, -0.25) is 15.4 Å². The van der Waals surface area contributed by atoms with Crippen LogP contribution in [-0.4, -0.2) is 118 Å². The molecule has 2 aliphatic heterocycles. The number of hydrogen-bond acceptors (Lipinski definition) is 19. The molecule has 0 spiro atoms. The van der Waals surface area contributed by atoms with E-state index in [-0.39, 0.29) is 71.1 Å². The minimum Gasteiger partial charge on any atom is -0.547 e. The molecular weight excluding hydrogens is 735 g/mol. The Kier molecular flexibility index (Phi) is 13.2. The maximum atomic E-state index is 12.9. The first-order valence-electron chi connectivity index (χ1n) is 15.7. The molecule has 6 N–H and O–H groups in total. The van der Waals surface area contributed by atoms with Crippen LogP contribution in [-0.2, 0) is 32.2 Å². The van der Waals surface area contributed by atoms with Crippen molar-refractivity contribution in [3.8, 4) is 11.6 Å². The van der Waals surface area contributed by atoms with Crippen LogP contribution in [0.25, 0.3) is 11.2 Å². The summed E-state index contributed by atoms with van der Waals surface area (Å²) in [7, 11) is 0. The zero-order valence-corrected chi connectivity index (χ0v) is 30.1. The number of carboxylic acid groups (broad SMARTS) is 1. The van der Waals surface area contributed by atoms with E-state index in [1.165, 1.54) is 12.4 Å². The summed E-state index contributed by atoms with van der Waals surface area (Å²) in [5.41, 5.74) is 0.327. The third-order valence-corrected chi connectivity index (χ3v) is 8.00. The molecule has 0 aliphatic carbocycles. The minimum atomic E-state index is -2.11. The third kappa shape index (κ3) is 9.12. The van der Waals surface area contributed by atoms with Crippen LogP contribution in [0, 0.1) is 10.1 Å². The normalized spacial score (nSPS) is 25.0. The van der Waals surface area contributed by atoms with Crippen LogP contribution in [0.2, 0.25) is 0 Å². The van der Waals surface area contributed by atoms with Crippen molar-refractivity contribution in [2.24, 2.45) is 0 Å². The number of nitro groups is 1. The Labute approximate surface area is 325 Å². The molecule has 8 atom stereocenters. The van der Waals surface area contributed by atoms with Crippen LogP contribution in [0.15, 0.2) is 54.9 Å². The van der Waals surface area contributed by atoms with Crippen LogP contribution >= 0.6 is 0 Å². The number of rotatable bonds is 13. The molecule has 0 radical (unpaired) electrons. The Morgan fingerprint density at radius 2 is 1.76 bits per heavy atom. The number of ether oxygens (including phenoxy) is 5. The number of anilines is 1. The van der Waals surface area contributed by atoms with E-state index in [4.69, 9.17) is 28.5 Å². The van der Waals surface area contributed by atoms with Gasteiger partial charge in [-0.05, 0) is 17.2 Å². The molecule has 0 unspecified atom stereocenters. The average Bonchev–Trinajstić information content (AvgIpc) is 3.72. The number of carbonyl (C=O) groups is 2. The number of nitrogens with one attached hydrogen (secondary N) is 1. The maximum absolute atomic E-state index is 12.9. The van der Waals surface area contributed by atoms with Crippen molar-refractivity contribution in [3.05, 3.63) is 76.1 Å². The quantitative estimate of drug-likeness (QED) is 0.0421. The predicted octanol–water partition coefficient (Wildman–Crippen LogP) is -5.10. The second-order valence-electron chi connectivity index (χ2n) is 11.7. The first kappa shape index (κ1) is 40.4. The largest absolute Gasteiger partial charge is 1.00 e. The van der Waals surface area contributed by atoms with Crippen LogP contribution in [0.5, 0.6) is 11.6 Å². The van der Waals surface area contributed by atoms with Crippen molar-refractivity contribution in [1.82, 2.24) is 19.7 Å². The smallest absolute Gasteiger partial charge is 0.547 e. The van der Waals surface area contributed by atoms with Gasteiger partial charge in [0.1, 0.15) is 50.1 Å². The SMILES string of the molecule is O=C(Nc1nc(OCc2ccccc2)c2ncn(O[C@H]3C[C@H](O)[C@@H](CO)O3)c2n1)OCc1ccc(O[C@@H]2O[C@H](C(=O)[O-])[C@@H](O)[C@H](O)[C@H]2O)c([N+](=O)[O-])c1.[Na+]. The summed E-state index contributed by atoms with van der Waals surface area (Å²) in [6, 6.07) is 12.4. The zero-order chi connectivity index (χ0) is 37.8. The second-order valence-corrected chi connectivity index (χ2v) is 11.7. The fourth-order valence-corrected chi connectivity index (χ4v) is 5.30. The van der Waals surface area contributed by atoms with Gasteiger partial charge in [-0.25, -0.2) is 9.78 Å². The second kappa shape index (κ2) is 17.6. The molecular formula is C31H31N6NaO16. The molecule has 4 aromatic rings. The van der Waals surface area contributed by atoms with E-state index >= 15 is 0 Å². The minimum absolute atomic E-state index is 0. The van der Waals surface area contributed by atoms with Gasteiger partial charge in [0.2, 0.25) is 30.1 Å². The summed E-state index contributed by atoms with van der Waals surface area (Å²) in [6.07, 6.45) is -12.8. The van der Waals surface area contributed by atoms with E-state index in [2.05, 4.69) is 20.3 Å². The number of carboxylic acids is 1. The summed E-state index contributed by atoms with van der Waals surface area (Å²) in [5, 5.41) is 75.0. The van der Waals surface area contributed by atoms with Crippen LogP contribution in [0.1, 0.15) is 17.5 Å². The number of carbonyl (C=O) groups excluding carboxylic acids is 2. The summed E-state index contributed by atoms with van der Waals surface area (Å²) >= 11 is 0. The Balaban J connectivity index is 0.00000561. The monoisotopic (exact) mass is 766 g/mol. The van der Waals surface area contributed by atoms with Crippen molar-refractivity contribution in [2.75, 3.05) is 11.9 Å². The average molecular weight is 767 g/mol. The van der Waals surface area contributed by atoms with Gasteiger partial charge in [-0.2, -0.15) is 9.97 Å². The van der Waals surface area contributed by atoms with E-state index in [1.54, 1.807) is 0 Å². The molecule has 2 aliphatic rings. The number of aliphatic hydroxyl groups excluding tert-OH is 5. The molecule has 2 fully saturated rings. The predicted molar refractivity (Wildman–Crippen MR) is 168 cm³/mol. The van der Waals surface area contributed by atoms with E-state index in [1.807, 2.05) is 30.3 Å². The van der Waals surface area contributed by atoms with Crippen molar-refractivity contribution in [2.45, 2.75) is 68.8 Å². The van der Waals surface area contributed by atoms with E-state index < -0.39 is 90.8 Å². The number of fused-ring (bicyclic) bond motifs is 1. The van der Waals surface area contributed by atoms with Gasteiger partial charge < -0.3 is 64.0 Å². The number of nitrogens with zero attached hydrogens (tertiary/aromatic N) is 5. The molecule has 54 heavy (non-hydrogen) atoms. The number of aliphatic hydroxyl groups is 5. The molecule has 2 saturated heterocycles. The number of nitro benzene ring substituents is 1. The molecule has 2 aromatic heterocycles. The number of hydrogen-bond donors (Lipinski definition) is 6. The standard InChI is InChI=1S/C31H32N6O16.Na/c38-10-19-17(39)9-20(50-19)53-36-13-32-21-26(36)33-30(34-27(21)48-11-14-4-2-1-3-5-14)35-31(45)49-12-15-6-7-18(16(8-15)37(46)47)51-29-24(42)22(40)23(41)25(52-29)28(43)44;/h1-8,13,17,19-20,22-25,29,38-42H,9-12H2,(H,43,44)(H,33,34,35,45);/q;+1/p-1/t17-,19+,20-,22-,23-,24+,25-,29+;/m0./s1. The number of imidazole rings is 1. The van der Waals surface area contributed by atoms with Gasteiger partial charge in [0.25, 0.3) is 0 Å². The van der Waals surface area contributed by atoms with Crippen molar-refractivity contribution in [3.63, 3.8) is 0 Å². The fourth-order valence-electron chi connectivity index (χ4n) is 5.30. The first-order valence-corrected chi connectivity index (χ1v) is 15.7. The van der Waals surface area contributed by atoms with Gasteiger partial charge in [0.05, 0.1) is 23.6 Å². The van der Waals surface area contributed by atoms with Crippen molar-refractivity contribution < 1.29 is 103 Å². The molecule has 0 saturated carbocycles. The van der Waals surface area contributed by atoms with Crippen molar-refractivity contribution >= 4 is 34.9 Å². The first-order chi connectivity index (χ1) is 25.4. The summed E-state index contributed by atoms with van der Waals surface area (Å²) in [4.78, 5) is 53.7. The van der Waals surface area contributed by atoms with E-state index in [0.29, 0.717) is 0 Å². The van der Waals surface area contributed by atoms with Crippen LogP contribution in [0.3, 0.4) is 0 Å². The van der Waals surface area contributed by atoms with Crippen molar-refractivity contribution in [1.29, 1.82) is 0 Å².